The van der Waals surface area contributed by atoms with Gasteiger partial charge in [0.15, 0.2) is 5.96 Å². The fraction of sp³-hybridized carbons (Fsp3) is 0.500. The summed E-state index contributed by atoms with van der Waals surface area (Å²) in [5.74, 6) is 0.161. The molecule has 0 saturated heterocycles. The zero-order valence-electron chi connectivity index (χ0n) is 13.6. The highest BCUT2D eigenvalue weighted by molar-refractivity contribution is 6.02. The van der Waals surface area contributed by atoms with Gasteiger partial charge in [0.1, 0.15) is 0 Å². The largest absolute Gasteiger partial charge is 0.370 e. The Morgan fingerprint density at radius 2 is 1.95 bits per heavy atom. The number of nitrogens with zero attached hydrogens (tertiary/aromatic N) is 1. The number of halogens is 1. The van der Waals surface area contributed by atoms with E-state index in [0.717, 1.165) is 29.7 Å². The second-order valence-electron chi connectivity index (χ2n) is 5.23. The fourth-order valence-electron chi connectivity index (χ4n) is 1.92. The summed E-state index contributed by atoms with van der Waals surface area (Å²) in [5, 5.41) is 5.33. The number of hydrogen-bond donors (Lipinski definition) is 3. The first-order valence-corrected chi connectivity index (χ1v) is 7.48. The first kappa shape index (κ1) is 20.2. The lowest BCUT2D eigenvalue weighted by molar-refractivity contribution is 0.256. The van der Waals surface area contributed by atoms with Gasteiger partial charge in [0.05, 0.1) is 0 Å². The highest BCUT2D eigenvalue weighted by Crippen LogP contribution is 2.15. The van der Waals surface area contributed by atoms with Crippen molar-refractivity contribution in [2.75, 3.05) is 11.9 Å². The number of rotatable bonds is 6. The van der Waals surface area contributed by atoms with Gasteiger partial charge in [0, 0.05) is 12.2 Å². The molecule has 0 saturated carbocycles. The average Bonchev–Trinajstić information content (AvgIpc) is 2.42. The molecule has 4 N–H and O–H groups in total. The van der Waals surface area contributed by atoms with E-state index in [2.05, 4.69) is 22.5 Å². The third-order valence-corrected chi connectivity index (χ3v) is 3.18. The molecule has 0 aromatic heterocycles. The molecule has 2 amide bonds. The average molecular weight is 327 g/mol. The highest BCUT2D eigenvalue weighted by Gasteiger charge is 2.05. The van der Waals surface area contributed by atoms with Crippen molar-refractivity contribution in [2.45, 2.75) is 46.5 Å². The quantitative estimate of drug-likeness (QED) is 0.423. The maximum absolute atomic E-state index is 11.8. The molecule has 1 rings (SSSR count). The number of guanidine groups is 1. The van der Waals surface area contributed by atoms with Gasteiger partial charge in [-0.15, -0.1) is 12.4 Å². The lowest BCUT2D eigenvalue weighted by atomic mass is 10.1. The zero-order valence-corrected chi connectivity index (χ0v) is 14.4. The molecule has 0 aliphatic rings. The molecule has 0 heterocycles. The molecule has 1 aromatic carbocycles. The summed E-state index contributed by atoms with van der Waals surface area (Å²) in [6.07, 6.45) is 4.53. The van der Waals surface area contributed by atoms with Gasteiger partial charge in [-0.25, -0.2) is 4.79 Å². The molecule has 6 heteroatoms. The fourth-order valence-corrected chi connectivity index (χ4v) is 1.92. The van der Waals surface area contributed by atoms with Gasteiger partial charge in [0.25, 0.3) is 0 Å². The number of urea groups is 1. The minimum absolute atomic E-state index is 0. The lowest BCUT2D eigenvalue weighted by Crippen LogP contribution is -2.39. The third kappa shape index (κ3) is 7.88. The number of nitrogens with one attached hydrogen (secondary N) is 2. The molecule has 22 heavy (non-hydrogen) atoms. The Balaban J connectivity index is 0.00000441. The monoisotopic (exact) mass is 326 g/mol. The van der Waals surface area contributed by atoms with E-state index in [4.69, 9.17) is 5.73 Å². The van der Waals surface area contributed by atoms with Crippen molar-refractivity contribution < 1.29 is 4.79 Å². The van der Waals surface area contributed by atoms with E-state index >= 15 is 0 Å². The molecule has 0 aliphatic carbocycles. The predicted octanol–water partition coefficient (Wildman–Crippen LogP) is 3.74. The summed E-state index contributed by atoms with van der Waals surface area (Å²) in [5.41, 5.74) is 8.57. The summed E-state index contributed by atoms with van der Waals surface area (Å²) in [7, 11) is 0. The van der Waals surface area contributed by atoms with Crippen LogP contribution in [0, 0.1) is 13.8 Å². The van der Waals surface area contributed by atoms with Crippen molar-refractivity contribution in [3.63, 3.8) is 0 Å². The first-order valence-electron chi connectivity index (χ1n) is 7.48. The number of nitrogens with two attached hydrogens (primary N) is 1. The van der Waals surface area contributed by atoms with Gasteiger partial charge in [-0.05, 0) is 37.5 Å². The molecule has 0 aliphatic heterocycles. The Kier molecular flexibility index (Phi) is 10.0. The summed E-state index contributed by atoms with van der Waals surface area (Å²) in [4.78, 5) is 16.0. The first-order chi connectivity index (χ1) is 10.0. The Hall–Kier alpha value is -1.75. The van der Waals surface area contributed by atoms with Crippen LogP contribution >= 0.6 is 12.4 Å². The molecule has 0 bridgehead atoms. The minimum atomic E-state index is -0.362. The summed E-state index contributed by atoms with van der Waals surface area (Å²) < 4.78 is 0. The van der Waals surface area contributed by atoms with E-state index < -0.39 is 0 Å². The Bertz CT molecular complexity index is 503. The second kappa shape index (κ2) is 10.9. The summed E-state index contributed by atoms with van der Waals surface area (Å²) >= 11 is 0. The number of amides is 2. The topological polar surface area (TPSA) is 79.5 Å². The van der Waals surface area contributed by atoms with E-state index in [1.807, 2.05) is 32.0 Å². The van der Waals surface area contributed by atoms with Crippen LogP contribution in [-0.4, -0.2) is 18.5 Å². The molecular formula is C16H27ClN4O. The van der Waals surface area contributed by atoms with Crippen LogP contribution in [0.3, 0.4) is 0 Å². The standard InChI is InChI=1S/C16H26N4O.ClH/c1-4-5-6-7-10-18-15(17)20-16(21)19-14-11-12(2)8-9-13(14)3;/h8-9,11H,4-7,10H2,1-3H3,(H4,17,18,19,20,21);1H. The number of aryl methyl sites for hydroxylation is 2. The second-order valence-corrected chi connectivity index (χ2v) is 5.23. The molecule has 0 fully saturated rings. The zero-order chi connectivity index (χ0) is 15.7. The normalized spacial score (nSPS) is 10.8. The highest BCUT2D eigenvalue weighted by atomic mass is 35.5. The summed E-state index contributed by atoms with van der Waals surface area (Å²) in [6.45, 7) is 6.74. The minimum Gasteiger partial charge on any atom is -0.370 e. The Labute approximate surface area is 139 Å². The van der Waals surface area contributed by atoms with Crippen LogP contribution < -0.4 is 16.4 Å². The van der Waals surface area contributed by atoms with Crippen LogP contribution in [0.15, 0.2) is 23.2 Å². The van der Waals surface area contributed by atoms with Gasteiger partial charge in [-0.3, -0.25) is 10.3 Å². The van der Waals surface area contributed by atoms with E-state index in [1.54, 1.807) is 0 Å². The van der Waals surface area contributed by atoms with E-state index in [1.165, 1.54) is 12.8 Å². The van der Waals surface area contributed by atoms with Gasteiger partial charge < -0.3 is 11.1 Å². The number of carbonyl (C=O) groups is 1. The van der Waals surface area contributed by atoms with Gasteiger partial charge in [-0.2, -0.15) is 0 Å². The van der Waals surface area contributed by atoms with E-state index in [-0.39, 0.29) is 24.4 Å². The van der Waals surface area contributed by atoms with Crippen molar-refractivity contribution in [2.24, 2.45) is 10.7 Å². The Morgan fingerprint density at radius 3 is 2.64 bits per heavy atom. The lowest BCUT2D eigenvalue weighted by Gasteiger charge is -2.10. The molecule has 124 valence electrons. The van der Waals surface area contributed by atoms with Gasteiger partial charge in [0.2, 0.25) is 0 Å². The molecule has 0 radical (unpaired) electrons. The predicted molar refractivity (Wildman–Crippen MR) is 95.9 cm³/mol. The van der Waals surface area contributed by atoms with Crippen molar-refractivity contribution in [3.8, 4) is 0 Å². The van der Waals surface area contributed by atoms with Crippen LogP contribution in [0.1, 0.15) is 43.7 Å². The number of benzene rings is 1. The molecule has 0 atom stereocenters. The Morgan fingerprint density at radius 1 is 1.23 bits per heavy atom. The number of unbranched alkanes of at least 4 members (excludes halogenated alkanes) is 3. The van der Waals surface area contributed by atoms with E-state index in [9.17, 15) is 4.79 Å². The molecule has 1 aromatic rings. The van der Waals surface area contributed by atoms with Crippen molar-refractivity contribution >= 4 is 30.1 Å². The van der Waals surface area contributed by atoms with Crippen LogP contribution in [-0.2, 0) is 0 Å². The van der Waals surface area contributed by atoms with Gasteiger partial charge in [-0.1, -0.05) is 38.3 Å². The van der Waals surface area contributed by atoms with Crippen molar-refractivity contribution in [1.29, 1.82) is 0 Å². The van der Waals surface area contributed by atoms with Crippen LogP contribution in [0.25, 0.3) is 0 Å². The van der Waals surface area contributed by atoms with Crippen LogP contribution in [0.5, 0.6) is 0 Å². The number of carbonyl (C=O) groups excluding carboxylic acids is 1. The van der Waals surface area contributed by atoms with Crippen molar-refractivity contribution in [1.82, 2.24) is 5.32 Å². The third-order valence-electron chi connectivity index (χ3n) is 3.18. The molecule has 0 unspecified atom stereocenters. The summed E-state index contributed by atoms with van der Waals surface area (Å²) in [6, 6.07) is 5.53. The maximum Gasteiger partial charge on any atom is 0.325 e. The number of aliphatic imine (C=N–C) groups is 1. The van der Waals surface area contributed by atoms with Crippen molar-refractivity contribution in [3.05, 3.63) is 29.3 Å². The SMILES string of the molecule is CCCCCCN=C(N)NC(=O)Nc1cc(C)ccc1C.Cl. The maximum atomic E-state index is 11.8. The molecule has 5 nitrogen and oxygen atoms in total. The van der Waals surface area contributed by atoms with E-state index in [0.29, 0.717) is 6.54 Å². The molecule has 0 spiro atoms. The van der Waals surface area contributed by atoms with Crippen LogP contribution in [0.2, 0.25) is 0 Å². The van der Waals surface area contributed by atoms with Crippen LogP contribution in [0.4, 0.5) is 10.5 Å². The number of anilines is 1. The number of hydrogen-bond acceptors (Lipinski definition) is 2. The molecular weight excluding hydrogens is 300 g/mol. The van der Waals surface area contributed by atoms with Gasteiger partial charge >= 0.3 is 6.03 Å². The smallest absolute Gasteiger partial charge is 0.325 e.